The minimum Gasteiger partial charge on any atom is -0.358 e. The number of benzene rings is 2. The fourth-order valence-corrected chi connectivity index (χ4v) is 4.10. The lowest BCUT2D eigenvalue weighted by Crippen LogP contribution is -2.26. The number of thiazole rings is 1. The van der Waals surface area contributed by atoms with Crippen LogP contribution in [0.1, 0.15) is 26.6 Å². The summed E-state index contributed by atoms with van der Waals surface area (Å²) in [4.78, 5) is 22.5. The van der Waals surface area contributed by atoms with Crippen LogP contribution in [0.5, 0.6) is 0 Å². The van der Waals surface area contributed by atoms with E-state index in [4.69, 9.17) is 0 Å². The number of para-hydroxylation sites is 1. The summed E-state index contributed by atoms with van der Waals surface area (Å²) in [6.07, 6.45) is 0. The van der Waals surface area contributed by atoms with Crippen molar-refractivity contribution in [3.8, 4) is 0 Å². The Kier molecular flexibility index (Phi) is 3.81. The summed E-state index contributed by atoms with van der Waals surface area (Å²) >= 11 is 1.64. The van der Waals surface area contributed by atoms with Gasteiger partial charge in [0.2, 0.25) is 0 Å². The standard InChI is InChI=1S/C20H19N3OS/c1-12-13(2)21-16-9-8-14(10-15(12)16)20(24)23(3)11-19-22-17-6-4-5-7-18(17)25-19/h4-10,21H,11H2,1-3H3. The Morgan fingerprint density at radius 2 is 2.00 bits per heavy atom. The van der Waals surface area contributed by atoms with Crippen molar-refractivity contribution in [2.45, 2.75) is 20.4 Å². The Labute approximate surface area is 150 Å². The smallest absolute Gasteiger partial charge is 0.253 e. The normalized spacial score (nSPS) is 11.3. The molecule has 4 aromatic rings. The third-order valence-electron chi connectivity index (χ3n) is 4.61. The Balaban J connectivity index is 1.60. The van der Waals surface area contributed by atoms with Crippen LogP contribution in [0.2, 0.25) is 0 Å². The highest BCUT2D eigenvalue weighted by Crippen LogP contribution is 2.25. The van der Waals surface area contributed by atoms with E-state index in [-0.39, 0.29) is 5.91 Å². The lowest BCUT2D eigenvalue weighted by atomic mass is 10.1. The number of fused-ring (bicyclic) bond motifs is 2. The third-order valence-corrected chi connectivity index (χ3v) is 5.63. The van der Waals surface area contributed by atoms with Gasteiger partial charge in [0, 0.05) is 29.2 Å². The number of rotatable bonds is 3. The van der Waals surface area contributed by atoms with E-state index >= 15 is 0 Å². The van der Waals surface area contributed by atoms with Gasteiger partial charge in [-0.1, -0.05) is 12.1 Å². The topological polar surface area (TPSA) is 49.0 Å². The molecule has 5 heteroatoms. The van der Waals surface area contributed by atoms with Crippen LogP contribution in [0, 0.1) is 13.8 Å². The predicted octanol–water partition coefficient (Wildman–Crippen LogP) is 4.67. The summed E-state index contributed by atoms with van der Waals surface area (Å²) in [5.74, 6) is 0.0133. The molecule has 4 rings (SSSR count). The first kappa shape index (κ1) is 15.8. The first-order valence-corrected chi connectivity index (χ1v) is 9.03. The highest BCUT2D eigenvalue weighted by Gasteiger charge is 2.16. The number of nitrogens with one attached hydrogen (secondary N) is 1. The maximum Gasteiger partial charge on any atom is 0.253 e. The summed E-state index contributed by atoms with van der Waals surface area (Å²) in [6.45, 7) is 4.64. The van der Waals surface area contributed by atoms with Crippen LogP contribution < -0.4 is 0 Å². The van der Waals surface area contributed by atoms with E-state index in [9.17, 15) is 4.79 Å². The van der Waals surface area contributed by atoms with Gasteiger partial charge in [0.25, 0.3) is 5.91 Å². The van der Waals surface area contributed by atoms with E-state index in [1.807, 2.05) is 43.4 Å². The second-order valence-corrected chi connectivity index (χ2v) is 7.49. The largest absolute Gasteiger partial charge is 0.358 e. The van der Waals surface area contributed by atoms with Crippen molar-refractivity contribution in [3.05, 3.63) is 64.3 Å². The monoisotopic (exact) mass is 349 g/mol. The lowest BCUT2D eigenvalue weighted by Gasteiger charge is -2.15. The Hall–Kier alpha value is -2.66. The van der Waals surface area contributed by atoms with Crippen LogP contribution in [0.4, 0.5) is 0 Å². The summed E-state index contributed by atoms with van der Waals surface area (Å²) < 4.78 is 1.15. The lowest BCUT2D eigenvalue weighted by molar-refractivity contribution is 0.0785. The minimum atomic E-state index is 0.0133. The quantitative estimate of drug-likeness (QED) is 0.584. The average molecular weight is 349 g/mol. The number of hydrogen-bond donors (Lipinski definition) is 1. The SMILES string of the molecule is Cc1[nH]c2ccc(C(=O)N(C)Cc3nc4ccccc4s3)cc2c1C. The van der Waals surface area contributed by atoms with Gasteiger partial charge in [0.05, 0.1) is 16.8 Å². The molecule has 0 fully saturated rings. The number of aromatic amines is 1. The van der Waals surface area contributed by atoms with Crippen LogP contribution in [0.25, 0.3) is 21.1 Å². The van der Waals surface area contributed by atoms with Gasteiger partial charge in [-0.2, -0.15) is 0 Å². The van der Waals surface area contributed by atoms with Gasteiger partial charge in [0.1, 0.15) is 5.01 Å². The Morgan fingerprint density at radius 3 is 2.80 bits per heavy atom. The highest BCUT2D eigenvalue weighted by atomic mass is 32.1. The molecule has 0 unspecified atom stereocenters. The van der Waals surface area contributed by atoms with Crippen molar-refractivity contribution < 1.29 is 4.79 Å². The fourth-order valence-electron chi connectivity index (χ4n) is 3.08. The van der Waals surface area contributed by atoms with E-state index in [0.717, 1.165) is 31.8 Å². The molecule has 126 valence electrons. The number of carbonyl (C=O) groups excluding carboxylic acids is 1. The molecule has 0 radical (unpaired) electrons. The number of hydrogen-bond acceptors (Lipinski definition) is 3. The minimum absolute atomic E-state index is 0.0133. The summed E-state index contributed by atoms with van der Waals surface area (Å²) in [5.41, 5.74) is 5.10. The van der Waals surface area contributed by atoms with Crippen LogP contribution in [-0.4, -0.2) is 27.8 Å². The molecule has 4 nitrogen and oxygen atoms in total. The molecule has 25 heavy (non-hydrogen) atoms. The maximum absolute atomic E-state index is 12.8. The third kappa shape index (κ3) is 2.81. The van der Waals surface area contributed by atoms with E-state index in [1.165, 1.54) is 5.56 Å². The molecule has 0 aliphatic heterocycles. The molecular formula is C20H19N3OS. The summed E-state index contributed by atoms with van der Waals surface area (Å²) in [6, 6.07) is 13.9. The van der Waals surface area contributed by atoms with Crippen LogP contribution in [0.3, 0.4) is 0 Å². The van der Waals surface area contributed by atoms with E-state index in [1.54, 1.807) is 16.2 Å². The van der Waals surface area contributed by atoms with Gasteiger partial charge in [0.15, 0.2) is 0 Å². The zero-order chi connectivity index (χ0) is 17.6. The number of aromatic nitrogens is 2. The zero-order valence-electron chi connectivity index (χ0n) is 14.5. The van der Waals surface area contributed by atoms with Crippen LogP contribution >= 0.6 is 11.3 Å². The highest BCUT2D eigenvalue weighted by molar-refractivity contribution is 7.18. The summed E-state index contributed by atoms with van der Waals surface area (Å²) in [7, 11) is 1.83. The molecule has 0 aliphatic carbocycles. The molecule has 1 N–H and O–H groups in total. The van der Waals surface area contributed by atoms with E-state index in [2.05, 4.69) is 29.9 Å². The predicted molar refractivity (Wildman–Crippen MR) is 103 cm³/mol. The molecule has 1 amide bonds. The molecule has 2 aromatic carbocycles. The van der Waals surface area contributed by atoms with Crippen molar-refractivity contribution in [2.75, 3.05) is 7.05 Å². The van der Waals surface area contributed by atoms with Gasteiger partial charge in [-0.15, -0.1) is 11.3 Å². The molecule has 0 spiro atoms. The maximum atomic E-state index is 12.8. The molecule has 0 bridgehead atoms. The number of amides is 1. The first-order chi connectivity index (χ1) is 12.0. The molecule has 2 heterocycles. The van der Waals surface area contributed by atoms with E-state index in [0.29, 0.717) is 12.1 Å². The van der Waals surface area contributed by atoms with Crippen molar-refractivity contribution in [1.29, 1.82) is 0 Å². The fraction of sp³-hybridized carbons (Fsp3) is 0.200. The molecule has 0 aliphatic rings. The van der Waals surface area contributed by atoms with Crippen LogP contribution in [0.15, 0.2) is 42.5 Å². The second kappa shape index (κ2) is 6.01. The van der Waals surface area contributed by atoms with Gasteiger partial charge in [-0.05, 0) is 49.7 Å². The molecule has 0 saturated heterocycles. The first-order valence-electron chi connectivity index (χ1n) is 8.22. The number of H-pyrrole nitrogens is 1. The van der Waals surface area contributed by atoms with Gasteiger partial charge < -0.3 is 9.88 Å². The number of nitrogens with zero attached hydrogens (tertiary/aromatic N) is 2. The summed E-state index contributed by atoms with van der Waals surface area (Å²) in [5, 5.41) is 2.06. The Bertz CT molecular complexity index is 1060. The molecular weight excluding hydrogens is 330 g/mol. The van der Waals surface area contributed by atoms with Crippen LogP contribution in [-0.2, 0) is 6.54 Å². The number of carbonyl (C=O) groups is 1. The van der Waals surface area contributed by atoms with Crippen molar-refractivity contribution >= 4 is 38.4 Å². The molecule has 0 saturated carbocycles. The second-order valence-electron chi connectivity index (χ2n) is 6.37. The Morgan fingerprint density at radius 1 is 1.20 bits per heavy atom. The van der Waals surface area contributed by atoms with Gasteiger partial charge >= 0.3 is 0 Å². The van der Waals surface area contributed by atoms with Crippen molar-refractivity contribution in [2.24, 2.45) is 0 Å². The number of aryl methyl sites for hydroxylation is 2. The van der Waals surface area contributed by atoms with E-state index < -0.39 is 0 Å². The van der Waals surface area contributed by atoms with Gasteiger partial charge in [-0.3, -0.25) is 4.79 Å². The van der Waals surface area contributed by atoms with Crippen molar-refractivity contribution in [3.63, 3.8) is 0 Å². The molecule has 0 atom stereocenters. The van der Waals surface area contributed by atoms with Crippen molar-refractivity contribution in [1.82, 2.24) is 14.9 Å². The average Bonchev–Trinajstić information content (AvgIpc) is 3.14. The van der Waals surface area contributed by atoms with Gasteiger partial charge in [-0.25, -0.2) is 4.98 Å². The molecule has 2 aromatic heterocycles. The zero-order valence-corrected chi connectivity index (χ0v) is 15.3.